The number of likely N-dealkylation sites (tertiary alicyclic amines) is 1. The van der Waals surface area contributed by atoms with Gasteiger partial charge in [-0.15, -0.1) is 0 Å². The molecular formula is C24H29Cl2N3O2. The molecule has 0 radical (unpaired) electrons. The molecule has 3 rings (SSSR count). The average Bonchev–Trinajstić information content (AvgIpc) is 2.70. The summed E-state index contributed by atoms with van der Waals surface area (Å²) in [6.07, 6.45) is 1.48. The van der Waals surface area contributed by atoms with Gasteiger partial charge in [-0.05, 0) is 71.0 Å². The fourth-order valence-corrected chi connectivity index (χ4v) is 4.21. The maximum atomic E-state index is 12.9. The number of carbonyl (C=O) groups is 2. The van der Waals surface area contributed by atoms with Crippen LogP contribution in [0.3, 0.4) is 0 Å². The summed E-state index contributed by atoms with van der Waals surface area (Å²) in [6.45, 7) is 8.02. The largest absolute Gasteiger partial charge is 0.347 e. The molecule has 2 aromatic carbocycles. The fourth-order valence-electron chi connectivity index (χ4n) is 3.69. The number of anilines is 1. The molecule has 1 fully saturated rings. The van der Waals surface area contributed by atoms with E-state index in [0.29, 0.717) is 27.8 Å². The molecule has 0 aliphatic carbocycles. The molecule has 7 heteroatoms. The molecule has 2 N–H and O–H groups in total. The first kappa shape index (κ1) is 23.6. The maximum Gasteiger partial charge on any atom is 0.253 e. The molecule has 2 amide bonds. The highest BCUT2D eigenvalue weighted by Crippen LogP contribution is 2.28. The van der Waals surface area contributed by atoms with Crippen LogP contribution in [0.15, 0.2) is 42.5 Å². The summed E-state index contributed by atoms with van der Waals surface area (Å²) < 4.78 is 0. The van der Waals surface area contributed by atoms with Crippen LogP contribution in [0.1, 0.15) is 49.5 Å². The Balaban J connectivity index is 1.59. The molecule has 0 aromatic heterocycles. The van der Waals surface area contributed by atoms with Crippen LogP contribution in [-0.4, -0.2) is 35.3 Å². The maximum absolute atomic E-state index is 12.9. The molecule has 1 aliphatic rings. The van der Waals surface area contributed by atoms with Crippen LogP contribution < -0.4 is 10.6 Å². The quantitative estimate of drug-likeness (QED) is 0.628. The highest BCUT2D eigenvalue weighted by molar-refractivity contribution is 6.35. The average molecular weight is 462 g/mol. The van der Waals surface area contributed by atoms with Crippen molar-refractivity contribution in [2.75, 3.05) is 18.4 Å². The first-order chi connectivity index (χ1) is 14.6. The Morgan fingerprint density at radius 1 is 1.00 bits per heavy atom. The van der Waals surface area contributed by atoms with E-state index in [4.69, 9.17) is 23.2 Å². The standard InChI is InChI=1S/C24H29Cl2N3O2/c1-24(2,3)28-23(31)17-7-4-5-10-21(17)27-22(30)16-11-13-29(14-12-16)15-18-19(25)8-6-9-20(18)26/h4-10,16H,11-15H2,1-3H3,(H,27,30)(H,28,31). The molecule has 0 spiro atoms. The van der Waals surface area contributed by atoms with Crippen LogP contribution in [0.5, 0.6) is 0 Å². The van der Waals surface area contributed by atoms with Crippen LogP contribution in [0.2, 0.25) is 10.0 Å². The third kappa shape index (κ3) is 6.45. The Bertz CT molecular complexity index is 928. The van der Waals surface area contributed by atoms with Gasteiger partial charge in [0.15, 0.2) is 0 Å². The lowest BCUT2D eigenvalue weighted by atomic mass is 9.95. The molecule has 1 saturated heterocycles. The molecular weight excluding hydrogens is 433 g/mol. The summed E-state index contributed by atoms with van der Waals surface area (Å²) in [6, 6.07) is 12.6. The Hall–Kier alpha value is -2.08. The zero-order valence-corrected chi connectivity index (χ0v) is 19.7. The lowest BCUT2D eigenvalue weighted by molar-refractivity contribution is -0.121. The van der Waals surface area contributed by atoms with Gasteiger partial charge in [0.1, 0.15) is 0 Å². The second-order valence-electron chi connectivity index (χ2n) is 8.99. The predicted molar refractivity (Wildman–Crippen MR) is 127 cm³/mol. The highest BCUT2D eigenvalue weighted by Gasteiger charge is 2.27. The van der Waals surface area contributed by atoms with Gasteiger partial charge >= 0.3 is 0 Å². The monoisotopic (exact) mass is 461 g/mol. The molecule has 1 heterocycles. The van der Waals surface area contributed by atoms with Crippen LogP contribution in [0, 0.1) is 5.92 Å². The Kier molecular flexibility index (Phi) is 7.63. The Morgan fingerprint density at radius 3 is 2.23 bits per heavy atom. The van der Waals surface area contributed by atoms with Gasteiger partial charge in [-0.25, -0.2) is 0 Å². The van der Waals surface area contributed by atoms with Gasteiger partial charge in [0, 0.05) is 33.6 Å². The number of nitrogens with zero attached hydrogens (tertiary/aromatic N) is 1. The van der Waals surface area contributed by atoms with E-state index >= 15 is 0 Å². The third-order valence-electron chi connectivity index (χ3n) is 5.32. The van der Waals surface area contributed by atoms with E-state index in [1.807, 2.05) is 45.0 Å². The zero-order chi connectivity index (χ0) is 22.6. The molecule has 1 aliphatic heterocycles. The smallest absolute Gasteiger partial charge is 0.253 e. The van der Waals surface area contributed by atoms with E-state index in [0.717, 1.165) is 31.5 Å². The number of hydrogen-bond acceptors (Lipinski definition) is 3. The van der Waals surface area contributed by atoms with Crippen molar-refractivity contribution >= 4 is 40.7 Å². The van der Waals surface area contributed by atoms with Gasteiger partial charge in [-0.2, -0.15) is 0 Å². The number of nitrogens with one attached hydrogen (secondary N) is 2. The van der Waals surface area contributed by atoms with Crippen molar-refractivity contribution in [3.8, 4) is 0 Å². The normalized spacial score (nSPS) is 15.5. The van der Waals surface area contributed by atoms with Crippen LogP contribution in [0.4, 0.5) is 5.69 Å². The van der Waals surface area contributed by atoms with Crippen molar-refractivity contribution < 1.29 is 9.59 Å². The van der Waals surface area contributed by atoms with Gasteiger partial charge in [-0.1, -0.05) is 41.4 Å². The summed E-state index contributed by atoms with van der Waals surface area (Å²) in [5.74, 6) is -0.349. The van der Waals surface area contributed by atoms with E-state index in [9.17, 15) is 9.59 Å². The number of rotatable bonds is 5. The van der Waals surface area contributed by atoms with E-state index in [-0.39, 0.29) is 23.3 Å². The van der Waals surface area contributed by atoms with E-state index in [1.54, 1.807) is 18.2 Å². The van der Waals surface area contributed by atoms with Crippen molar-refractivity contribution in [2.45, 2.75) is 45.7 Å². The zero-order valence-electron chi connectivity index (χ0n) is 18.2. The SMILES string of the molecule is CC(C)(C)NC(=O)c1ccccc1NC(=O)C1CCN(Cc2c(Cl)cccc2Cl)CC1. The first-order valence-electron chi connectivity index (χ1n) is 10.5. The summed E-state index contributed by atoms with van der Waals surface area (Å²) in [7, 11) is 0. The minimum atomic E-state index is -0.356. The van der Waals surface area contributed by atoms with Crippen LogP contribution >= 0.6 is 23.2 Å². The lowest BCUT2D eigenvalue weighted by Crippen LogP contribution is -2.41. The molecule has 166 valence electrons. The van der Waals surface area contributed by atoms with Crippen molar-refractivity contribution in [1.82, 2.24) is 10.2 Å². The van der Waals surface area contributed by atoms with Crippen LogP contribution in [-0.2, 0) is 11.3 Å². The van der Waals surface area contributed by atoms with Crippen LogP contribution in [0.25, 0.3) is 0 Å². The third-order valence-corrected chi connectivity index (χ3v) is 6.03. The molecule has 0 atom stereocenters. The Labute approximate surface area is 194 Å². The number of piperidine rings is 1. The summed E-state index contributed by atoms with van der Waals surface area (Å²) in [5, 5.41) is 7.25. The van der Waals surface area contributed by atoms with Gasteiger partial charge in [-0.3, -0.25) is 14.5 Å². The first-order valence-corrected chi connectivity index (χ1v) is 11.3. The Morgan fingerprint density at radius 2 is 1.61 bits per heavy atom. The summed E-state index contributed by atoms with van der Waals surface area (Å²) in [4.78, 5) is 27.8. The van der Waals surface area contributed by atoms with Gasteiger partial charge in [0.2, 0.25) is 5.91 Å². The van der Waals surface area contributed by atoms with Crippen molar-refractivity contribution in [1.29, 1.82) is 0 Å². The minimum Gasteiger partial charge on any atom is -0.347 e. The molecule has 2 aromatic rings. The molecule has 5 nitrogen and oxygen atoms in total. The topological polar surface area (TPSA) is 61.4 Å². The highest BCUT2D eigenvalue weighted by atomic mass is 35.5. The predicted octanol–water partition coefficient (Wildman–Crippen LogP) is 5.37. The van der Waals surface area contributed by atoms with Crippen molar-refractivity contribution in [3.05, 3.63) is 63.6 Å². The number of carbonyl (C=O) groups excluding carboxylic acids is 2. The van der Waals surface area contributed by atoms with Gasteiger partial charge in [0.05, 0.1) is 11.3 Å². The second kappa shape index (κ2) is 10.0. The van der Waals surface area contributed by atoms with E-state index < -0.39 is 0 Å². The second-order valence-corrected chi connectivity index (χ2v) is 9.80. The summed E-state index contributed by atoms with van der Waals surface area (Å²) >= 11 is 12.6. The number of benzene rings is 2. The van der Waals surface area contributed by atoms with Crippen molar-refractivity contribution in [3.63, 3.8) is 0 Å². The number of amides is 2. The number of halogens is 2. The molecule has 31 heavy (non-hydrogen) atoms. The van der Waals surface area contributed by atoms with Gasteiger partial charge < -0.3 is 10.6 Å². The number of hydrogen-bond donors (Lipinski definition) is 2. The minimum absolute atomic E-state index is 0.0496. The lowest BCUT2D eigenvalue weighted by Gasteiger charge is -2.31. The molecule has 0 bridgehead atoms. The summed E-state index contributed by atoms with van der Waals surface area (Å²) in [5.41, 5.74) is 1.58. The van der Waals surface area contributed by atoms with Crippen molar-refractivity contribution in [2.24, 2.45) is 5.92 Å². The van der Waals surface area contributed by atoms with E-state index in [1.165, 1.54) is 0 Å². The molecule has 0 unspecified atom stereocenters. The molecule has 0 saturated carbocycles. The fraction of sp³-hybridized carbons (Fsp3) is 0.417. The van der Waals surface area contributed by atoms with Gasteiger partial charge in [0.25, 0.3) is 5.91 Å². The van der Waals surface area contributed by atoms with E-state index in [2.05, 4.69) is 15.5 Å². The number of para-hydroxylation sites is 1.